The van der Waals surface area contributed by atoms with Crippen LogP contribution in [0.25, 0.3) is 10.2 Å². The van der Waals surface area contributed by atoms with Crippen molar-refractivity contribution in [2.24, 2.45) is 0 Å². The van der Waals surface area contributed by atoms with Crippen LogP contribution in [0.15, 0.2) is 40.1 Å². The number of aromatic nitrogens is 2. The van der Waals surface area contributed by atoms with Crippen LogP contribution in [-0.2, 0) is 13.0 Å². The van der Waals surface area contributed by atoms with Crippen LogP contribution < -0.4 is 10.9 Å². The minimum absolute atomic E-state index is 0.0521. The topological polar surface area (TPSA) is 46.9 Å². The number of nitrogens with one attached hydrogen (secondary N) is 1. The van der Waals surface area contributed by atoms with Crippen molar-refractivity contribution in [2.45, 2.75) is 13.0 Å². The molecule has 0 atom stereocenters. The molecule has 0 fully saturated rings. The van der Waals surface area contributed by atoms with Gasteiger partial charge in [-0.25, -0.2) is 4.98 Å². The van der Waals surface area contributed by atoms with E-state index in [0.717, 1.165) is 29.7 Å². The highest BCUT2D eigenvalue weighted by Gasteiger charge is 2.04. The Kier molecular flexibility index (Phi) is 4.25. The van der Waals surface area contributed by atoms with Crippen molar-refractivity contribution >= 4 is 32.9 Å². The lowest BCUT2D eigenvalue weighted by molar-refractivity contribution is 0.584. The van der Waals surface area contributed by atoms with Crippen molar-refractivity contribution in [3.05, 3.63) is 50.5 Å². The monoisotopic (exact) mass is 305 g/mol. The Morgan fingerprint density at radius 1 is 1.20 bits per heavy atom. The van der Waals surface area contributed by atoms with Gasteiger partial charge in [0.15, 0.2) is 0 Å². The number of hydrogen-bond acceptors (Lipinski definition) is 5. The van der Waals surface area contributed by atoms with E-state index in [9.17, 15) is 4.79 Å². The summed E-state index contributed by atoms with van der Waals surface area (Å²) in [6.45, 7) is 2.37. The van der Waals surface area contributed by atoms with Gasteiger partial charge >= 0.3 is 0 Å². The zero-order chi connectivity index (χ0) is 13.8. The standard InChI is InChI=1S/C14H15N3OS2/c18-14-12-4-9-20-13(12)16-10-17(14)7-6-15-5-3-11-2-1-8-19-11/h1-2,4,8-10,15H,3,5-7H2. The van der Waals surface area contributed by atoms with Gasteiger partial charge in [-0.3, -0.25) is 9.36 Å². The number of fused-ring (bicyclic) bond motifs is 1. The molecule has 3 heterocycles. The fourth-order valence-corrected chi connectivity index (χ4v) is 3.48. The van der Waals surface area contributed by atoms with Gasteiger partial charge in [-0.05, 0) is 29.3 Å². The number of thiophene rings is 2. The van der Waals surface area contributed by atoms with Crippen molar-refractivity contribution in [3.63, 3.8) is 0 Å². The molecule has 0 spiro atoms. The molecule has 3 aromatic heterocycles. The Morgan fingerprint density at radius 3 is 3.00 bits per heavy atom. The summed E-state index contributed by atoms with van der Waals surface area (Å²) in [6, 6.07) is 6.06. The second kappa shape index (κ2) is 6.30. The Bertz CT molecular complexity index is 730. The van der Waals surface area contributed by atoms with Gasteiger partial charge in [0.05, 0.1) is 11.7 Å². The van der Waals surface area contributed by atoms with Gasteiger partial charge in [0.2, 0.25) is 0 Å². The molecule has 0 radical (unpaired) electrons. The van der Waals surface area contributed by atoms with Gasteiger partial charge in [-0.1, -0.05) is 6.07 Å². The van der Waals surface area contributed by atoms with Crippen LogP contribution in [-0.4, -0.2) is 22.6 Å². The molecule has 0 amide bonds. The molecule has 0 saturated carbocycles. The summed E-state index contributed by atoms with van der Waals surface area (Å²) in [5.74, 6) is 0. The Hall–Kier alpha value is -1.50. The summed E-state index contributed by atoms with van der Waals surface area (Å²) < 4.78 is 1.67. The third-order valence-electron chi connectivity index (χ3n) is 3.11. The highest BCUT2D eigenvalue weighted by molar-refractivity contribution is 7.16. The van der Waals surface area contributed by atoms with Crippen molar-refractivity contribution in [1.29, 1.82) is 0 Å². The van der Waals surface area contributed by atoms with Crippen LogP contribution in [0.5, 0.6) is 0 Å². The largest absolute Gasteiger partial charge is 0.315 e. The van der Waals surface area contributed by atoms with Crippen LogP contribution in [0.1, 0.15) is 4.88 Å². The molecule has 6 heteroatoms. The third kappa shape index (κ3) is 2.98. The number of rotatable bonds is 6. The molecule has 0 saturated heterocycles. The Morgan fingerprint density at radius 2 is 2.15 bits per heavy atom. The number of nitrogens with zero attached hydrogens (tertiary/aromatic N) is 2. The molecule has 3 aromatic rings. The van der Waals surface area contributed by atoms with E-state index in [0.29, 0.717) is 6.54 Å². The average molecular weight is 305 g/mol. The lowest BCUT2D eigenvalue weighted by Crippen LogP contribution is -2.28. The molecule has 0 unspecified atom stereocenters. The first-order valence-corrected chi connectivity index (χ1v) is 8.26. The Labute approximate surface area is 124 Å². The predicted octanol–water partition coefficient (Wildman–Crippen LogP) is 2.35. The summed E-state index contributed by atoms with van der Waals surface area (Å²) in [6.07, 6.45) is 2.68. The molecule has 20 heavy (non-hydrogen) atoms. The van der Waals surface area contributed by atoms with Crippen molar-refractivity contribution in [2.75, 3.05) is 13.1 Å². The summed E-state index contributed by atoms with van der Waals surface area (Å²) in [5, 5.41) is 8.08. The predicted molar refractivity (Wildman–Crippen MR) is 84.8 cm³/mol. The third-order valence-corrected chi connectivity index (χ3v) is 4.87. The second-order valence-corrected chi connectivity index (χ2v) is 6.39. The molecular formula is C14H15N3OS2. The van der Waals surface area contributed by atoms with Crippen molar-refractivity contribution in [3.8, 4) is 0 Å². The fourth-order valence-electron chi connectivity index (χ4n) is 2.04. The molecule has 0 aromatic carbocycles. The van der Waals surface area contributed by atoms with Gasteiger partial charge in [-0.15, -0.1) is 22.7 Å². The zero-order valence-electron chi connectivity index (χ0n) is 10.9. The molecule has 0 aliphatic rings. The van der Waals surface area contributed by atoms with E-state index in [1.807, 2.05) is 11.4 Å². The summed E-state index contributed by atoms with van der Waals surface area (Å²) in [4.78, 5) is 18.6. The molecule has 1 N–H and O–H groups in total. The van der Waals surface area contributed by atoms with Gasteiger partial charge in [0.25, 0.3) is 5.56 Å². The quantitative estimate of drug-likeness (QED) is 0.711. The van der Waals surface area contributed by atoms with E-state index in [1.165, 1.54) is 16.2 Å². The first-order valence-electron chi connectivity index (χ1n) is 6.50. The first kappa shape index (κ1) is 13.5. The van der Waals surface area contributed by atoms with Crippen LogP contribution in [0.2, 0.25) is 0 Å². The average Bonchev–Trinajstić information content (AvgIpc) is 3.11. The highest BCUT2D eigenvalue weighted by atomic mass is 32.1. The van der Waals surface area contributed by atoms with Crippen LogP contribution in [0.3, 0.4) is 0 Å². The molecule has 0 aliphatic carbocycles. The maximum Gasteiger partial charge on any atom is 0.262 e. The first-order chi connectivity index (χ1) is 9.84. The van der Waals surface area contributed by atoms with Crippen LogP contribution in [0, 0.1) is 0 Å². The Balaban J connectivity index is 1.52. The molecule has 104 valence electrons. The lowest BCUT2D eigenvalue weighted by Gasteiger charge is -2.06. The molecule has 0 bridgehead atoms. The highest BCUT2D eigenvalue weighted by Crippen LogP contribution is 2.13. The summed E-state index contributed by atoms with van der Waals surface area (Å²) in [5.41, 5.74) is 0.0521. The van der Waals surface area contributed by atoms with E-state index >= 15 is 0 Å². The smallest absolute Gasteiger partial charge is 0.262 e. The van der Waals surface area contributed by atoms with Crippen LogP contribution in [0.4, 0.5) is 0 Å². The van der Waals surface area contributed by atoms with Crippen molar-refractivity contribution < 1.29 is 0 Å². The van der Waals surface area contributed by atoms with E-state index in [4.69, 9.17) is 0 Å². The van der Waals surface area contributed by atoms with Crippen molar-refractivity contribution in [1.82, 2.24) is 14.9 Å². The van der Waals surface area contributed by atoms with E-state index in [-0.39, 0.29) is 5.56 Å². The number of hydrogen-bond donors (Lipinski definition) is 1. The second-order valence-electron chi connectivity index (χ2n) is 4.46. The lowest BCUT2D eigenvalue weighted by atomic mass is 10.3. The van der Waals surface area contributed by atoms with E-state index in [1.54, 1.807) is 22.2 Å². The fraction of sp³-hybridized carbons (Fsp3) is 0.286. The van der Waals surface area contributed by atoms with Gasteiger partial charge < -0.3 is 5.32 Å². The minimum Gasteiger partial charge on any atom is -0.315 e. The van der Waals surface area contributed by atoms with E-state index in [2.05, 4.69) is 27.8 Å². The zero-order valence-corrected chi connectivity index (χ0v) is 12.5. The maximum atomic E-state index is 12.1. The molecule has 4 nitrogen and oxygen atoms in total. The van der Waals surface area contributed by atoms with E-state index < -0.39 is 0 Å². The molecular weight excluding hydrogens is 290 g/mol. The van der Waals surface area contributed by atoms with Crippen LogP contribution >= 0.6 is 22.7 Å². The summed E-state index contributed by atoms with van der Waals surface area (Å²) in [7, 11) is 0. The minimum atomic E-state index is 0.0521. The molecule has 0 aliphatic heterocycles. The molecule has 3 rings (SSSR count). The maximum absolute atomic E-state index is 12.1. The normalized spacial score (nSPS) is 11.2. The van der Waals surface area contributed by atoms with Gasteiger partial charge in [0, 0.05) is 24.5 Å². The van der Waals surface area contributed by atoms with Gasteiger partial charge in [0.1, 0.15) is 4.83 Å². The SMILES string of the molecule is O=c1c2ccsc2ncn1CCNCCc1cccs1. The summed E-state index contributed by atoms with van der Waals surface area (Å²) >= 11 is 3.28. The van der Waals surface area contributed by atoms with Gasteiger partial charge in [-0.2, -0.15) is 0 Å².